The van der Waals surface area contributed by atoms with Gasteiger partial charge in [0, 0.05) is 0 Å². The molecular formula is C36H66O4. The summed E-state index contributed by atoms with van der Waals surface area (Å²) in [6.07, 6.45) is 28.8. The van der Waals surface area contributed by atoms with Crippen LogP contribution in [-0.2, 0) is 14.3 Å². The van der Waals surface area contributed by atoms with Crippen molar-refractivity contribution in [2.45, 2.75) is 182 Å². The normalized spacial score (nSPS) is 20.8. The van der Waals surface area contributed by atoms with Gasteiger partial charge in [-0.2, -0.15) is 0 Å². The first-order valence-corrected chi connectivity index (χ1v) is 17.1. The van der Waals surface area contributed by atoms with E-state index in [1.54, 1.807) is 13.0 Å². The van der Waals surface area contributed by atoms with Gasteiger partial charge in [-0.3, -0.25) is 9.59 Å². The number of ether oxygens (including phenoxy) is 1. The summed E-state index contributed by atoms with van der Waals surface area (Å²) in [5, 5.41) is 9.75. The van der Waals surface area contributed by atoms with Crippen LogP contribution in [-0.4, -0.2) is 23.1 Å². The fourth-order valence-electron chi connectivity index (χ4n) is 6.50. The van der Waals surface area contributed by atoms with Crippen molar-refractivity contribution >= 4 is 11.9 Å². The summed E-state index contributed by atoms with van der Waals surface area (Å²) in [4.78, 5) is 25.2. The molecule has 40 heavy (non-hydrogen) atoms. The van der Waals surface area contributed by atoms with Gasteiger partial charge in [0.15, 0.2) is 0 Å². The number of unbranched alkanes of at least 4 members (excludes halogenated alkanes) is 14. The van der Waals surface area contributed by atoms with E-state index in [1.165, 1.54) is 89.9 Å². The molecule has 234 valence electrons. The molecule has 1 aliphatic rings. The van der Waals surface area contributed by atoms with E-state index in [0.29, 0.717) is 18.8 Å². The van der Waals surface area contributed by atoms with E-state index in [1.807, 2.05) is 6.08 Å². The Hall–Kier alpha value is -1.32. The van der Waals surface area contributed by atoms with Crippen LogP contribution in [0.25, 0.3) is 0 Å². The minimum absolute atomic E-state index is 0.126. The smallest absolute Gasteiger partial charge is 0.316 e. The van der Waals surface area contributed by atoms with E-state index >= 15 is 0 Å². The highest BCUT2D eigenvalue weighted by Crippen LogP contribution is 2.39. The summed E-state index contributed by atoms with van der Waals surface area (Å²) in [5.74, 6) is -1.40. The van der Waals surface area contributed by atoms with E-state index in [-0.39, 0.29) is 17.5 Å². The molecule has 0 amide bonds. The number of carbonyl (C=O) groups excluding carboxylic acids is 1. The van der Waals surface area contributed by atoms with Gasteiger partial charge in [0.25, 0.3) is 0 Å². The SMILES string of the molecule is CCCCCCCCCCCCCCCCCC(CCC(C)CC(C)(C)C)OC(=O)C1(C)C=CCCC1C(=O)O. The second-order valence-corrected chi connectivity index (χ2v) is 14.4. The number of carboxylic acids is 1. The maximum absolute atomic E-state index is 13.3. The van der Waals surface area contributed by atoms with Crippen LogP contribution in [0.1, 0.15) is 176 Å². The van der Waals surface area contributed by atoms with Crippen molar-refractivity contribution in [3.63, 3.8) is 0 Å². The summed E-state index contributed by atoms with van der Waals surface area (Å²) in [5.41, 5.74) is -0.788. The lowest BCUT2D eigenvalue weighted by molar-refractivity contribution is -0.168. The number of carbonyl (C=O) groups is 2. The molecule has 0 aromatic heterocycles. The molecule has 0 aliphatic heterocycles. The van der Waals surface area contributed by atoms with Gasteiger partial charge in [-0.25, -0.2) is 0 Å². The van der Waals surface area contributed by atoms with E-state index in [0.717, 1.165) is 32.1 Å². The van der Waals surface area contributed by atoms with Crippen LogP contribution in [0.4, 0.5) is 0 Å². The van der Waals surface area contributed by atoms with E-state index in [9.17, 15) is 14.7 Å². The molecule has 0 aromatic carbocycles. The first-order chi connectivity index (χ1) is 19.0. The first kappa shape index (κ1) is 36.7. The van der Waals surface area contributed by atoms with Gasteiger partial charge in [-0.15, -0.1) is 0 Å². The molecular weight excluding hydrogens is 496 g/mol. The fraction of sp³-hybridized carbons (Fsp3) is 0.889. The van der Waals surface area contributed by atoms with Crippen molar-refractivity contribution < 1.29 is 19.4 Å². The number of hydrogen-bond donors (Lipinski definition) is 1. The number of esters is 1. The lowest BCUT2D eigenvalue weighted by atomic mass is 9.71. The Kier molecular flexibility index (Phi) is 18.8. The average molecular weight is 563 g/mol. The second kappa shape index (κ2) is 20.5. The molecule has 0 spiro atoms. The summed E-state index contributed by atoms with van der Waals surface area (Å²) >= 11 is 0. The molecule has 4 unspecified atom stereocenters. The fourth-order valence-corrected chi connectivity index (χ4v) is 6.50. The lowest BCUT2D eigenvalue weighted by Crippen LogP contribution is -2.42. The predicted molar refractivity (Wildman–Crippen MR) is 170 cm³/mol. The van der Waals surface area contributed by atoms with Crippen molar-refractivity contribution in [2.75, 3.05) is 0 Å². The van der Waals surface area contributed by atoms with E-state index in [4.69, 9.17) is 4.74 Å². The van der Waals surface area contributed by atoms with Crippen molar-refractivity contribution in [3.05, 3.63) is 12.2 Å². The number of carboxylic acid groups (broad SMARTS) is 1. The van der Waals surface area contributed by atoms with Crippen molar-refractivity contribution in [1.29, 1.82) is 0 Å². The zero-order chi connectivity index (χ0) is 29.9. The Morgan fingerprint density at radius 3 is 1.82 bits per heavy atom. The topological polar surface area (TPSA) is 63.6 Å². The third-order valence-corrected chi connectivity index (χ3v) is 8.89. The van der Waals surface area contributed by atoms with Gasteiger partial charge in [0.2, 0.25) is 0 Å². The third-order valence-electron chi connectivity index (χ3n) is 8.89. The highest BCUT2D eigenvalue weighted by molar-refractivity contribution is 5.86. The Morgan fingerprint density at radius 2 is 1.35 bits per heavy atom. The number of aliphatic carboxylic acids is 1. The van der Waals surface area contributed by atoms with Gasteiger partial charge in [-0.1, -0.05) is 137 Å². The zero-order valence-corrected chi connectivity index (χ0v) is 27.4. The third kappa shape index (κ3) is 16.2. The van der Waals surface area contributed by atoms with Crippen LogP contribution in [0.15, 0.2) is 12.2 Å². The molecule has 0 radical (unpaired) electrons. The summed E-state index contributed by atoms with van der Waals surface area (Å²) < 4.78 is 6.12. The molecule has 0 fully saturated rings. The van der Waals surface area contributed by atoms with E-state index in [2.05, 4.69) is 34.6 Å². The molecule has 1 rings (SSSR count). The maximum atomic E-state index is 13.3. The number of allylic oxidation sites excluding steroid dienone is 1. The Morgan fingerprint density at radius 1 is 0.850 bits per heavy atom. The Balaban J connectivity index is 2.40. The molecule has 1 N–H and O–H groups in total. The first-order valence-electron chi connectivity index (χ1n) is 17.1. The minimum Gasteiger partial charge on any atom is -0.481 e. The van der Waals surface area contributed by atoms with Gasteiger partial charge >= 0.3 is 11.9 Å². The van der Waals surface area contributed by atoms with Crippen molar-refractivity contribution in [2.24, 2.45) is 22.7 Å². The molecule has 0 saturated carbocycles. The largest absolute Gasteiger partial charge is 0.481 e. The van der Waals surface area contributed by atoms with Crippen LogP contribution in [0.2, 0.25) is 0 Å². The lowest BCUT2D eigenvalue weighted by Gasteiger charge is -2.34. The van der Waals surface area contributed by atoms with Gasteiger partial charge in [0.05, 0.1) is 11.3 Å². The molecule has 0 aromatic rings. The zero-order valence-electron chi connectivity index (χ0n) is 27.4. The summed E-state index contributed by atoms with van der Waals surface area (Å²) in [7, 11) is 0. The van der Waals surface area contributed by atoms with Crippen LogP contribution in [0, 0.1) is 22.7 Å². The predicted octanol–water partition coefficient (Wildman–Crippen LogP) is 11.1. The summed E-state index contributed by atoms with van der Waals surface area (Å²) in [6.45, 7) is 13.1. The van der Waals surface area contributed by atoms with Gasteiger partial charge < -0.3 is 9.84 Å². The average Bonchev–Trinajstić information content (AvgIpc) is 2.88. The van der Waals surface area contributed by atoms with Crippen molar-refractivity contribution in [3.8, 4) is 0 Å². The molecule has 1 aliphatic carbocycles. The molecule has 4 atom stereocenters. The number of hydrogen-bond acceptors (Lipinski definition) is 3. The summed E-state index contributed by atoms with van der Waals surface area (Å²) in [6, 6.07) is 0. The minimum atomic E-state index is -1.07. The maximum Gasteiger partial charge on any atom is 0.316 e. The van der Waals surface area contributed by atoms with Crippen LogP contribution in [0.3, 0.4) is 0 Å². The Bertz CT molecular complexity index is 706. The molecule has 0 bridgehead atoms. The van der Waals surface area contributed by atoms with E-state index < -0.39 is 17.3 Å². The van der Waals surface area contributed by atoms with Gasteiger partial charge in [-0.05, 0) is 63.2 Å². The molecule has 4 nitrogen and oxygen atoms in total. The molecule has 4 heteroatoms. The number of rotatable bonds is 23. The van der Waals surface area contributed by atoms with Crippen LogP contribution >= 0.6 is 0 Å². The standard InChI is InChI=1S/C36H66O4/c1-7-8-9-10-11-12-13-14-15-16-17-18-19-20-21-24-31(27-26-30(2)29-35(3,4)5)40-34(39)36(6)28-23-22-25-32(36)33(37)38/h23,28,30-32H,7-22,24-27,29H2,1-6H3,(H,37,38). The quantitative estimate of drug-likeness (QED) is 0.0764. The molecule has 0 heterocycles. The highest BCUT2D eigenvalue weighted by atomic mass is 16.5. The molecule has 0 saturated heterocycles. The van der Waals surface area contributed by atoms with Crippen LogP contribution < -0.4 is 0 Å². The van der Waals surface area contributed by atoms with Crippen molar-refractivity contribution in [1.82, 2.24) is 0 Å². The van der Waals surface area contributed by atoms with Gasteiger partial charge in [0.1, 0.15) is 6.10 Å². The monoisotopic (exact) mass is 562 g/mol. The highest BCUT2D eigenvalue weighted by Gasteiger charge is 2.46. The van der Waals surface area contributed by atoms with Crippen LogP contribution in [0.5, 0.6) is 0 Å². The second-order valence-electron chi connectivity index (χ2n) is 14.4. The Labute approximate surface area is 248 Å².